The Morgan fingerprint density at radius 3 is 2.52 bits per heavy atom. The topological polar surface area (TPSA) is 72.8 Å². The molecule has 1 saturated heterocycles. The van der Waals surface area contributed by atoms with Gasteiger partial charge in [0.25, 0.3) is 0 Å². The Morgan fingerprint density at radius 1 is 1.30 bits per heavy atom. The molecule has 1 aliphatic heterocycles. The number of benzene rings is 1. The first-order valence-electron chi connectivity index (χ1n) is 7.92. The Kier molecular flexibility index (Phi) is 5.42. The molecule has 1 N–H and O–H groups in total. The van der Waals surface area contributed by atoms with Crippen LogP contribution in [0.4, 0.5) is 0 Å². The Morgan fingerprint density at radius 2 is 1.96 bits per heavy atom. The summed E-state index contributed by atoms with van der Waals surface area (Å²) in [6.07, 6.45) is 1.52. The maximum Gasteiger partial charge on any atom is 0.314 e. The Bertz CT molecular complexity index is 571. The maximum absolute atomic E-state index is 12.1. The number of carboxylic acid groups (broad SMARTS) is 1. The molecule has 2 rings (SSSR count). The summed E-state index contributed by atoms with van der Waals surface area (Å²) in [6, 6.07) is 7.54. The highest BCUT2D eigenvalue weighted by Gasteiger charge is 2.46. The van der Waals surface area contributed by atoms with Gasteiger partial charge in [-0.05, 0) is 44.2 Å². The van der Waals surface area contributed by atoms with Gasteiger partial charge in [-0.2, -0.15) is 0 Å². The van der Waals surface area contributed by atoms with E-state index < -0.39 is 11.4 Å². The number of aliphatic carboxylic acids is 1. The van der Waals surface area contributed by atoms with Gasteiger partial charge in [-0.15, -0.1) is 0 Å². The molecule has 5 nitrogen and oxygen atoms in total. The van der Waals surface area contributed by atoms with Crippen LogP contribution in [-0.4, -0.2) is 36.4 Å². The lowest BCUT2D eigenvalue weighted by Crippen LogP contribution is -2.46. The summed E-state index contributed by atoms with van der Waals surface area (Å²) < 4.78 is 10.4. The number of esters is 1. The number of rotatable bonds is 5. The molecule has 1 aromatic carbocycles. The van der Waals surface area contributed by atoms with Crippen LogP contribution >= 0.6 is 0 Å². The molecule has 0 aromatic heterocycles. The smallest absolute Gasteiger partial charge is 0.314 e. The molecule has 0 bridgehead atoms. The third-order valence-corrected chi connectivity index (χ3v) is 4.47. The largest absolute Gasteiger partial charge is 0.481 e. The van der Waals surface area contributed by atoms with Gasteiger partial charge in [-0.1, -0.05) is 24.3 Å². The molecular formula is C18H24O5. The second-order valence-corrected chi connectivity index (χ2v) is 6.33. The van der Waals surface area contributed by atoms with Crippen LogP contribution in [0.15, 0.2) is 24.3 Å². The molecule has 2 unspecified atom stereocenters. The second-order valence-electron chi connectivity index (χ2n) is 6.33. The lowest BCUT2D eigenvalue weighted by Gasteiger charge is -2.40. The molecule has 1 aliphatic rings. The van der Waals surface area contributed by atoms with E-state index in [0.29, 0.717) is 19.3 Å². The average Bonchev–Trinajstić information content (AvgIpc) is 2.51. The minimum Gasteiger partial charge on any atom is -0.481 e. The number of carboxylic acids is 1. The summed E-state index contributed by atoms with van der Waals surface area (Å²) in [4.78, 5) is 23.4. The molecule has 0 amide bonds. The fourth-order valence-electron chi connectivity index (χ4n) is 3.46. The Labute approximate surface area is 136 Å². The number of methoxy groups -OCH3 is 1. The van der Waals surface area contributed by atoms with Crippen molar-refractivity contribution in [1.82, 2.24) is 0 Å². The van der Waals surface area contributed by atoms with Gasteiger partial charge in [0.2, 0.25) is 0 Å². The fourth-order valence-corrected chi connectivity index (χ4v) is 3.46. The summed E-state index contributed by atoms with van der Waals surface area (Å²) in [7, 11) is 1.36. The van der Waals surface area contributed by atoms with Crippen LogP contribution in [0.5, 0.6) is 0 Å². The molecule has 23 heavy (non-hydrogen) atoms. The minimum atomic E-state index is -0.932. The first-order valence-corrected chi connectivity index (χ1v) is 7.92. The minimum absolute atomic E-state index is 0.103. The number of carbonyl (C=O) groups excluding carboxylic acids is 1. The second kappa shape index (κ2) is 7.13. The molecule has 0 aliphatic carbocycles. The van der Waals surface area contributed by atoms with Crippen LogP contribution in [0.1, 0.15) is 44.2 Å². The van der Waals surface area contributed by atoms with Crippen molar-refractivity contribution in [2.75, 3.05) is 7.11 Å². The lowest BCUT2D eigenvalue weighted by molar-refractivity contribution is -0.154. The van der Waals surface area contributed by atoms with E-state index in [4.69, 9.17) is 4.74 Å². The predicted octanol–water partition coefficient (Wildman–Crippen LogP) is 2.70. The van der Waals surface area contributed by atoms with E-state index in [1.54, 1.807) is 0 Å². The van der Waals surface area contributed by atoms with Gasteiger partial charge in [0, 0.05) is 6.42 Å². The third kappa shape index (κ3) is 3.91. The first-order chi connectivity index (χ1) is 10.9. The molecule has 0 spiro atoms. The highest BCUT2D eigenvalue weighted by atomic mass is 16.5. The summed E-state index contributed by atoms with van der Waals surface area (Å²) in [5, 5.41) is 9.90. The van der Waals surface area contributed by atoms with Crippen LogP contribution in [0, 0.1) is 0 Å². The summed E-state index contributed by atoms with van der Waals surface area (Å²) >= 11 is 0. The molecule has 0 radical (unpaired) electrons. The Hall–Kier alpha value is -1.88. The third-order valence-electron chi connectivity index (χ3n) is 4.47. The summed E-state index contributed by atoms with van der Waals surface area (Å²) in [5.41, 5.74) is 0.799. The Balaban J connectivity index is 2.29. The van der Waals surface area contributed by atoms with Crippen molar-refractivity contribution in [3.8, 4) is 0 Å². The van der Waals surface area contributed by atoms with E-state index in [0.717, 1.165) is 11.1 Å². The van der Waals surface area contributed by atoms with Gasteiger partial charge in [-0.3, -0.25) is 9.59 Å². The molecule has 1 fully saturated rings. The summed E-state index contributed by atoms with van der Waals surface area (Å²) in [6.45, 7) is 3.82. The van der Waals surface area contributed by atoms with E-state index in [1.807, 2.05) is 38.1 Å². The van der Waals surface area contributed by atoms with E-state index in [2.05, 4.69) is 4.74 Å². The zero-order chi connectivity index (χ0) is 17.0. The van der Waals surface area contributed by atoms with Crippen molar-refractivity contribution in [2.45, 2.75) is 57.2 Å². The van der Waals surface area contributed by atoms with Gasteiger partial charge >= 0.3 is 11.9 Å². The van der Waals surface area contributed by atoms with Crippen LogP contribution in [0.25, 0.3) is 0 Å². The highest BCUT2D eigenvalue weighted by Crippen LogP contribution is 2.40. The van der Waals surface area contributed by atoms with Crippen LogP contribution < -0.4 is 0 Å². The van der Waals surface area contributed by atoms with Gasteiger partial charge in [-0.25, -0.2) is 0 Å². The van der Waals surface area contributed by atoms with Crippen molar-refractivity contribution in [1.29, 1.82) is 0 Å². The van der Waals surface area contributed by atoms with Crippen molar-refractivity contribution >= 4 is 11.9 Å². The highest BCUT2D eigenvalue weighted by molar-refractivity contribution is 5.82. The first kappa shape index (κ1) is 17.5. The predicted molar refractivity (Wildman–Crippen MR) is 85.3 cm³/mol. The number of hydrogen-bond acceptors (Lipinski definition) is 4. The van der Waals surface area contributed by atoms with Crippen molar-refractivity contribution in [2.24, 2.45) is 0 Å². The SMILES string of the molecule is COC(=O)CCc1cccc(C2(C(=O)O)CC(C)OC(C)C2)c1. The molecule has 126 valence electrons. The molecule has 1 heterocycles. The van der Waals surface area contributed by atoms with E-state index in [-0.39, 0.29) is 24.6 Å². The molecule has 0 saturated carbocycles. The monoisotopic (exact) mass is 320 g/mol. The van der Waals surface area contributed by atoms with Gasteiger partial charge < -0.3 is 14.6 Å². The van der Waals surface area contributed by atoms with E-state index in [9.17, 15) is 14.7 Å². The van der Waals surface area contributed by atoms with Crippen molar-refractivity contribution in [3.63, 3.8) is 0 Å². The van der Waals surface area contributed by atoms with Gasteiger partial charge in [0.15, 0.2) is 0 Å². The fraction of sp³-hybridized carbons (Fsp3) is 0.556. The maximum atomic E-state index is 12.1. The van der Waals surface area contributed by atoms with E-state index in [1.165, 1.54) is 7.11 Å². The lowest BCUT2D eigenvalue weighted by atomic mass is 9.70. The van der Waals surface area contributed by atoms with Gasteiger partial charge in [0.1, 0.15) is 0 Å². The van der Waals surface area contributed by atoms with Crippen LogP contribution in [0.2, 0.25) is 0 Å². The quantitative estimate of drug-likeness (QED) is 0.845. The molecule has 1 aromatic rings. The zero-order valence-electron chi connectivity index (χ0n) is 13.9. The number of carbonyl (C=O) groups is 2. The van der Waals surface area contributed by atoms with E-state index >= 15 is 0 Å². The summed E-state index contributed by atoms with van der Waals surface area (Å²) in [5.74, 6) is -1.08. The van der Waals surface area contributed by atoms with Crippen LogP contribution in [-0.2, 0) is 30.9 Å². The molecular weight excluding hydrogens is 296 g/mol. The molecule has 2 atom stereocenters. The van der Waals surface area contributed by atoms with Gasteiger partial charge in [0.05, 0.1) is 24.7 Å². The average molecular weight is 320 g/mol. The number of aryl methyl sites for hydroxylation is 1. The van der Waals surface area contributed by atoms with Crippen molar-refractivity contribution in [3.05, 3.63) is 35.4 Å². The number of hydrogen-bond donors (Lipinski definition) is 1. The normalized spacial score (nSPS) is 27.4. The standard InChI is InChI=1S/C18H24O5/c1-12-10-18(17(20)21,11-13(2)23-12)15-6-4-5-14(9-15)7-8-16(19)22-3/h4-6,9,12-13H,7-8,10-11H2,1-3H3,(H,20,21). The number of ether oxygens (including phenoxy) is 2. The van der Waals surface area contributed by atoms with Crippen molar-refractivity contribution < 1.29 is 24.2 Å². The van der Waals surface area contributed by atoms with Crippen LogP contribution in [0.3, 0.4) is 0 Å². The zero-order valence-corrected chi connectivity index (χ0v) is 13.9. The molecule has 5 heteroatoms.